The van der Waals surface area contributed by atoms with Gasteiger partial charge in [-0.15, -0.1) is 0 Å². The molecular weight excluding hydrogens is 441 g/mol. The molecule has 0 fully saturated rings. The molecule has 0 aliphatic carbocycles. The molecule has 1 aromatic carbocycles. The minimum Gasteiger partial charge on any atom is -0.491 e. The number of amides is 1. The maximum atomic E-state index is 13.3. The van der Waals surface area contributed by atoms with Crippen molar-refractivity contribution in [2.24, 2.45) is 0 Å². The van der Waals surface area contributed by atoms with Gasteiger partial charge in [0.2, 0.25) is 0 Å². The molecule has 5 rings (SSSR count). The van der Waals surface area contributed by atoms with Crippen LogP contribution >= 0.6 is 0 Å². The summed E-state index contributed by atoms with van der Waals surface area (Å²) in [5, 5.41) is 2.93. The van der Waals surface area contributed by atoms with E-state index in [-0.39, 0.29) is 24.2 Å². The first kappa shape index (κ1) is 20.7. The number of pyridine rings is 2. The number of ether oxygens (including phenoxy) is 1. The number of halogens is 3. The van der Waals surface area contributed by atoms with E-state index in [9.17, 15) is 22.8 Å². The molecule has 0 saturated carbocycles. The second-order valence-corrected chi connectivity index (χ2v) is 7.46. The summed E-state index contributed by atoms with van der Waals surface area (Å²) in [6.45, 7) is 0.189. The Hall–Kier alpha value is -4.15. The van der Waals surface area contributed by atoms with E-state index in [0.717, 1.165) is 12.3 Å². The number of H-pyrrole nitrogens is 1. The largest absolute Gasteiger partial charge is 0.491 e. The lowest BCUT2D eigenvalue weighted by Gasteiger charge is -2.38. The van der Waals surface area contributed by atoms with E-state index in [4.69, 9.17) is 9.15 Å². The van der Waals surface area contributed by atoms with Gasteiger partial charge in [-0.2, -0.15) is 13.2 Å². The van der Waals surface area contributed by atoms with Crippen molar-refractivity contribution in [1.82, 2.24) is 20.3 Å². The lowest BCUT2D eigenvalue weighted by molar-refractivity contribution is -0.141. The molecule has 8 nitrogen and oxygen atoms in total. The fourth-order valence-electron chi connectivity index (χ4n) is 3.91. The first-order valence-electron chi connectivity index (χ1n) is 9.84. The SMILES string of the molecule is O=C(N[C@@]1(c2ccc(C(F)(F)F)nc2)CCOc2cccnc21)c1ccc2oc(=O)[nH]c2c1. The summed E-state index contributed by atoms with van der Waals surface area (Å²) in [5.41, 5.74) is -0.825. The third-order valence-electron chi connectivity index (χ3n) is 5.46. The number of rotatable bonds is 3. The molecule has 4 aromatic rings. The van der Waals surface area contributed by atoms with Crippen LogP contribution in [0.15, 0.2) is 64.1 Å². The number of hydrogen-bond acceptors (Lipinski definition) is 6. The van der Waals surface area contributed by atoms with Crippen LogP contribution in [-0.2, 0) is 11.7 Å². The molecule has 0 bridgehead atoms. The highest BCUT2D eigenvalue weighted by atomic mass is 19.4. The van der Waals surface area contributed by atoms with Crippen molar-refractivity contribution in [3.8, 4) is 5.75 Å². The van der Waals surface area contributed by atoms with Crippen LogP contribution in [0, 0.1) is 0 Å². The van der Waals surface area contributed by atoms with Crippen molar-refractivity contribution >= 4 is 17.0 Å². The van der Waals surface area contributed by atoms with Gasteiger partial charge >= 0.3 is 11.9 Å². The third kappa shape index (κ3) is 3.60. The molecule has 1 aliphatic rings. The molecule has 0 saturated heterocycles. The predicted molar refractivity (Wildman–Crippen MR) is 109 cm³/mol. The summed E-state index contributed by atoms with van der Waals surface area (Å²) in [6.07, 6.45) is -1.80. The highest BCUT2D eigenvalue weighted by Gasteiger charge is 2.43. The van der Waals surface area contributed by atoms with Crippen LogP contribution in [0.25, 0.3) is 11.1 Å². The van der Waals surface area contributed by atoms with Crippen molar-refractivity contribution in [3.05, 3.63) is 87.9 Å². The van der Waals surface area contributed by atoms with E-state index in [2.05, 4.69) is 20.3 Å². The van der Waals surface area contributed by atoms with Crippen LogP contribution in [0.5, 0.6) is 5.75 Å². The van der Waals surface area contributed by atoms with Gasteiger partial charge in [0.25, 0.3) is 5.91 Å². The van der Waals surface area contributed by atoms with Crippen LogP contribution in [0.4, 0.5) is 13.2 Å². The van der Waals surface area contributed by atoms with Gasteiger partial charge in [0.15, 0.2) is 5.58 Å². The van der Waals surface area contributed by atoms with Gasteiger partial charge in [0, 0.05) is 29.9 Å². The van der Waals surface area contributed by atoms with Crippen molar-refractivity contribution < 1.29 is 27.1 Å². The summed E-state index contributed by atoms with van der Waals surface area (Å²) >= 11 is 0. The van der Waals surface area contributed by atoms with Gasteiger partial charge in [-0.05, 0) is 36.4 Å². The van der Waals surface area contributed by atoms with Crippen molar-refractivity contribution in [3.63, 3.8) is 0 Å². The van der Waals surface area contributed by atoms with E-state index in [0.29, 0.717) is 22.5 Å². The van der Waals surface area contributed by atoms with E-state index in [1.807, 2.05) is 0 Å². The molecule has 1 aliphatic heterocycles. The number of oxazole rings is 1. The quantitative estimate of drug-likeness (QED) is 0.489. The Bertz CT molecular complexity index is 1410. The second kappa shape index (κ2) is 7.47. The zero-order valence-electron chi connectivity index (χ0n) is 16.8. The van der Waals surface area contributed by atoms with E-state index >= 15 is 0 Å². The molecule has 168 valence electrons. The molecule has 1 atom stereocenters. The Morgan fingerprint density at radius 2 is 2.00 bits per heavy atom. The van der Waals surface area contributed by atoms with Crippen LogP contribution in [0.2, 0.25) is 0 Å². The zero-order chi connectivity index (χ0) is 23.2. The number of aromatic nitrogens is 3. The summed E-state index contributed by atoms with van der Waals surface area (Å²) in [7, 11) is 0. The Balaban J connectivity index is 1.60. The number of nitrogens with zero attached hydrogens (tertiary/aromatic N) is 2. The molecule has 11 heteroatoms. The highest BCUT2D eigenvalue weighted by molar-refractivity contribution is 5.97. The number of benzene rings is 1. The van der Waals surface area contributed by atoms with Crippen LogP contribution in [0.1, 0.15) is 33.7 Å². The molecule has 0 radical (unpaired) electrons. The summed E-state index contributed by atoms with van der Waals surface area (Å²) < 4.78 is 49.8. The number of alkyl halides is 3. The monoisotopic (exact) mass is 456 g/mol. The van der Waals surface area contributed by atoms with Crippen LogP contribution < -0.4 is 15.8 Å². The Kier molecular flexibility index (Phi) is 4.69. The van der Waals surface area contributed by atoms with Crippen molar-refractivity contribution in [2.45, 2.75) is 18.1 Å². The number of nitrogens with one attached hydrogen (secondary N) is 2. The zero-order valence-corrected chi connectivity index (χ0v) is 16.8. The average molecular weight is 456 g/mol. The van der Waals surface area contributed by atoms with E-state index < -0.39 is 29.1 Å². The minimum absolute atomic E-state index is 0.189. The number of hydrogen-bond donors (Lipinski definition) is 2. The normalized spacial score (nSPS) is 17.9. The predicted octanol–water partition coefficient (Wildman–Crippen LogP) is 3.39. The average Bonchev–Trinajstić information content (AvgIpc) is 3.18. The number of aromatic amines is 1. The fraction of sp³-hybridized carbons (Fsp3) is 0.182. The molecule has 2 N–H and O–H groups in total. The Morgan fingerprint density at radius 1 is 1.15 bits per heavy atom. The lowest BCUT2D eigenvalue weighted by Crippen LogP contribution is -2.50. The van der Waals surface area contributed by atoms with Gasteiger partial charge in [0.1, 0.15) is 22.7 Å². The molecule has 0 unspecified atom stereocenters. The first-order chi connectivity index (χ1) is 15.8. The molecule has 1 amide bonds. The topological polar surface area (TPSA) is 110 Å². The van der Waals surface area contributed by atoms with Gasteiger partial charge in [-0.25, -0.2) is 4.79 Å². The smallest absolute Gasteiger partial charge is 0.433 e. The van der Waals surface area contributed by atoms with Crippen LogP contribution in [-0.4, -0.2) is 27.5 Å². The van der Waals surface area contributed by atoms with E-state index in [1.165, 1.54) is 30.5 Å². The van der Waals surface area contributed by atoms with Gasteiger partial charge in [-0.1, -0.05) is 6.07 Å². The second-order valence-electron chi connectivity index (χ2n) is 7.46. The number of carbonyl (C=O) groups excluding carboxylic acids is 1. The maximum absolute atomic E-state index is 13.3. The van der Waals surface area contributed by atoms with E-state index in [1.54, 1.807) is 12.1 Å². The van der Waals surface area contributed by atoms with Crippen LogP contribution in [0.3, 0.4) is 0 Å². The van der Waals surface area contributed by atoms with Gasteiger partial charge < -0.3 is 14.5 Å². The molecule has 3 aromatic heterocycles. The Morgan fingerprint density at radius 3 is 2.76 bits per heavy atom. The lowest BCUT2D eigenvalue weighted by atomic mass is 9.81. The van der Waals surface area contributed by atoms with Gasteiger partial charge in [0.05, 0.1) is 12.1 Å². The highest BCUT2D eigenvalue weighted by Crippen LogP contribution is 2.41. The third-order valence-corrected chi connectivity index (χ3v) is 5.46. The summed E-state index contributed by atoms with van der Waals surface area (Å²) in [4.78, 5) is 35.1. The maximum Gasteiger partial charge on any atom is 0.433 e. The minimum atomic E-state index is -4.60. The number of fused-ring (bicyclic) bond motifs is 2. The summed E-state index contributed by atoms with van der Waals surface area (Å²) in [6, 6.07) is 9.87. The molecule has 0 spiro atoms. The van der Waals surface area contributed by atoms with Crippen molar-refractivity contribution in [2.75, 3.05) is 6.61 Å². The first-order valence-corrected chi connectivity index (χ1v) is 9.84. The molecule has 4 heterocycles. The molecule has 33 heavy (non-hydrogen) atoms. The standard InChI is InChI=1S/C22H15F3N4O4/c23-22(24,25)17-6-4-13(11-27-17)21(7-9-32-16-2-1-8-26-18(16)21)29-19(30)12-3-5-15-14(10-12)28-20(31)33-15/h1-6,8,10-11H,7,9H2,(H,28,31)(H,29,30)/t21-/m1/s1. The van der Waals surface area contributed by atoms with Crippen molar-refractivity contribution in [1.29, 1.82) is 0 Å². The molecular formula is C22H15F3N4O4. The Labute approximate surface area is 183 Å². The number of carbonyl (C=O) groups is 1. The summed E-state index contributed by atoms with van der Waals surface area (Å²) in [5.74, 6) is -0.784. The van der Waals surface area contributed by atoms with Gasteiger partial charge in [-0.3, -0.25) is 19.7 Å². The fourth-order valence-corrected chi connectivity index (χ4v) is 3.91.